The third-order valence-electron chi connectivity index (χ3n) is 3.99. The smallest absolute Gasteiger partial charge is 0.0345 e. The van der Waals surface area contributed by atoms with Crippen LogP contribution in [0.4, 0.5) is 5.69 Å². The molecule has 0 radical (unpaired) electrons. The second-order valence-corrected chi connectivity index (χ2v) is 7.30. The average Bonchev–Trinajstić information content (AvgIpc) is 2.37. The molecule has 1 aliphatic rings. The van der Waals surface area contributed by atoms with Crippen molar-refractivity contribution in [3.8, 4) is 0 Å². The summed E-state index contributed by atoms with van der Waals surface area (Å²) in [5.74, 6) is 0.696. The lowest BCUT2D eigenvalue weighted by Crippen LogP contribution is -2.34. The van der Waals surface area contributed by atoms with Gasteiger partial charge in [0.05, 0.1) is 0 Å². The van der Waals surface area contributed by atoms with Crippen molar-refractivity contribution in [3.05, 3.63) is 62.5 Å². The van der Waals surface area contributed by atoms with E-state index in [-0.39, 0.29) is 0 Å². The van der Waals surface area contributed by atoms with Crippen LogP contribution in [0.3, 0.4) is 0 Å². The van der Waals surface area contributed by atoms with E-state index in [1.54, 1.807) is 0 Å². The lowest BCUT2D eigenvalue weighted by atomic mass is 9.76. The molecule has 0 heterocycles. The van der Waals surface area contributed by atoms with Crippen molar-refractivity contribution in [1.82, 2.24) is 0 Å². The number of nitrogens with one attached hydrogen (secondary N) is 1. The first-order valence-electron chi connectivity index (χ1n) is 6.90. The maximum Gasteiger partial charge on any atom is 0.0345 e. The van der Waals surface area contributed by atoms with Crippen LogP contribution in [0.15, 0.2) is 51.4 Å². The molecule has 0 aromatic heterocycles. The summed E-state index contributed by atoms with van der Waals surface area (Å²) in [4.78, 5) is 0. The summed E-state index contributed by atoms with van der Waals surface area (Å²) in [5.41, 5.74) is 3.95. The fourth-order valence-electron chi connectivity index (χ4n) is 2.74. The Kier molecular flexibility index (Phi) is 4.18. The van der Waals surface area contributed by atoms with Gasteiger partial charge in [-0.15, -0.1) is 0 Å². The summed E-state index contributed by atoms with van der Waals surface area (Å²) in [6.07, 6.45) is 2.43. The number of hydrogen-bond donors (Lipinski definition) is 1. The van der Waals surface area contributed by atoms with E-state index >= 15 is 0 Å². The lowest BCUT2D eigenvalue weighted by molar-refractivity contribution is 0.374. The van der Waals surface area contributed by atoms with E-state index in [1.807, 2.05) is 0 Å². The molecule has 0 saturated heterocycles. The highest BCUT2D eigenvalue weighted by molar-refractivity contribution is 9.10. The Morgan fingerprint density at radius 1 is 1.05 bits per heavy atom. The highest BCUT2D eigenvalue weighted by Gasteiger charge is 2.30. The van der Waals surface area contributed by atoms with Crippen LogP contribution in [0.25, 0.3) is 0 Å². The first-order valence-corrected chi connectivity index (χ1v) is 8.48. The van der Waals surface area contributed by atoms with Crippen molar-refractivity contribution in [1.29, 1.82) is 0 Å². The van der Waals surface area contributed by atoms with Crippen molar-refractivity contribution < 1.29 is 0 Å². The van der Waals surface area contributed by atoms with E-state index < -0.39 is 0 Å². The molecule has 2 aromatic rings. The molecular weight excluding hydrogens is 378 g/mol. The Hall–Kier alpha value is -0.800. The first-order chi connectivity index (χ1) is 9.61. The largest absolute Gasteiger partial charge is 0.382 e. The van der Waals surface area contributed by atoms with Gasteiger partial charge in [0.2, 0.25) is 0 Å². The Morgan fingerprint density at radius 3 is 2.55 bits per heavy atom. The summed E-state index contributed by atoms with van der Waals surface area (Å²) >= 11 is 7.09. The standard InChI is InChI=1S/C17H17Br2N/c1-11-7-15(5-6-17(11)19)20-16-9-13(10-16)12-3-2-4-14(18)8-12/h2-8,13,16,20H,9-10H2,1H3. The van der Waals surface area contributed by atoms with Gasteiger partial charge in [0.25, 0.3) is 0 Å². The van der Waals surface area contributed by atoms with Crippen LogP contribution < -0.4 is 5.32 Å². The van der Waals surface area contributed by atoms with Crippen LogP contribution in [0, 0.1) is 6.92 Å². The Bertz CT molecular complexity index is 618. The van der Waals surface area contributed by atoms with E-state index in [2.05, 4.69) is 86.6 Å². The summed E-state index contributed by atoms with van der Waals surface area (Å²) in [7, 11) is 0. The van der Waals surface area contributed by atoms with Crippen molar-refractivity contribution in [3.63, 3.8) is 0 Å². The molecule has 3 heteroatoms. The maximum absolute atomic E-state index is 3.63. The molecule has 1 N–H and O–H groups in total. The number of halogens is 2. The Labute approximate surface area is 137 Å². The van der Waals surface area contributed by atoms with Crippen molar-refractivity contribution in [2.45, 2.75) is 31.7 Å². The molecule has 0 spiro atoms. The monoisotopic (exact) mass is 393 g/mol. The fourth-order valence-corrected chi connectivity index (χ4v) is 3.40. The summed E-state index contributed by atoms with van der Waals surface area (Å²) in [6.45, 7) is 2.13. The number of benzene rings is 2. The van der Waals surface area contributed by atoms with Crippen LogP contribution in [0.5, 0.6) is 0 Å². The van der Waals surface area contributed by atoms with Crippen molar-refractivity contribution in [2.24, 2.45) is 0 Å². The maximum atomic E-state index is 3.63. The molecule has 0 unspecified atom stereocenters. The molecule has 1 nitrogen and oxygen atoms in total. The van der Waals surface area contributed by atoms with Gasteiger partial charge < -0.3 is 5.32 Å². The SMILES string of the molecule is Cc1cc(NC2CC(c3cccc(Br)c3)C2)ccc1Br. The van der Waals surface area contributed by atoms with Crippen LogP contribution in [0.1, 0.15) is 29.9 Å². The van der Waals surface area contributed by atoms with Gasteiger partial charge in [0, 0.05) is 20.7 Å². The summed E-state index contributed by atoms with van der Waals surface area (Å²) in [6, 6.07) is 15.7. The van der Waals surface area contributed by atoms with Gasteiger partial charge in [0.15, 0.2) is 0 Å². The van der Waals surface area contributed by atoms with Gasteiger partial charge in [-0.2, -0.15) is 0 Å². The second-order valence-electron chi connectivity index (χ2n) is 5.53. The molecule has 0 aliphatic heterocycles. The zero-order valence-electron chi connectivity index (χ0n) is 11.4. The molecule has 1 aliphatic carbocycles. The number of rotatable bonds is 3. The average molecular weight is 395 g/mol. The van der Waals surface area contributed by atoms with E-state index in [4.69, 9.17) is 0 Å². The fraction of sp³-hybridized carbons (Fsp3) is 0.294. The van der Waals surface area contributed by atoms with Gasteiger partial charge in [-0.25, -0.2) is 0 Å². The number of anilines is 1. The predicted molar refractivity (Wildman–Crippen MR) is 92.4 cm³/mol. The predicted octanol–water partition coefficient (Wildman–Crippen LogP) is 5.88. The van der Waals surface area contributed by atoms with Crippen molar-refractivity contribution >= 4 is 37.5 Å². The molecule has 104 valence electrons. The van der Waals surface area contributed by atoms with Crippen LogP contribution >= 0.6 is 31.9 Å². The highest BCUT2D eigenvalue weighted by Crippen LogP contribution is 2.39. The van der Waals surface area contributed by atoms with Crippen LogP contribution in [0.2, 0.25) is 0 Å². The van der Waals surface area contributed by atoms with Gasteiger partial charge in [-0.1, -0.05) is 44.0 Å². The van der Waals surface area contributed by atoms with Crippen molar-refractivity contribution in [2.75, 3.05) is 5.32 Å². The molecule has 3 rings (SSSR count). The van der Waals surface area contributed by atoms with Gasteiger partial charge in [-0.05, 0) is 67.1 Å². The molecule has 0 amide bonds. The van der Waals surface area contributed by atoms with Gasteiger partial charge in [-0.3, -0.25) is 0 Å². The number of aryl methyl sites for hydroxylation is 1. The molecule has 20 heavy (non-hydrogen) atoms. The Balaban J connectivity index is 1.59. The molecule has 0 atom stereocenters. The summed E-state index contributed by atoms with van der Waals surface area (Å²) in [5, 5.41) is 3.63. The lowest BCUT2D eigenvalue weighted by Gasteiger charge is -2.37. The number of hydrogen-bond acceptors (Lipinski definition) is 1. The minimum absolute atomic E-state index is 0.597. The zero-order chi connectivity index (χ0) is 14.1. The van der Waals surface area contributed by atoms with Crippen LogP contribution in [-0.2, 0) is 0 Å². The minimum Gasteiger partial charge on any atom is -0.382 e. The quantitative estimate of drug-likeness (QED) is 0.685. The van der Waals surface area contributed by atoms with Gasteiger partial charge in [0.1, 0.15) is 0 Å². The van der Waals surface area contributed by atoms with E-state index in [1.165, 1.54) is 38.6 Å². The molecule has 0 bridgehead atoms. The molecule has 1 fully saturated rings. The van der Waals surface area contributed by atoms with E-state index in [9.17, 15) is 0 Å². The topological polar surface area (TPSA) is 12.0 Å². The third kappa shape index (κ3) is 3.09. The van der Waals surface area contributed by atoms with E-state index in [0.29, 0.717) is 12.0 Å². The van der Waals surface area contributed by atoms with E-state index in [0.717, 1.165) is 0 Å². The zero-order valence-corrected chi connectivity index (χ0v) is 14.5. The normalized spacial score (nSPS) is 21.4. The summed E-state index contributed by atoms with van der Waals surface area (Å²) < 4.78 is 2.35. The molecule has 2 aromatic carbocycles. The van der Waals surface area contributed by atoms with Gasteiger partial charge >= 0.3 is 0 Å². The minimum atomic E-state index is 0.597. The third-order valence-corrected chi connectivity index (χ3v) is 5.37. The van der Waals surface area contributed by atoms with Crippen LogP contribution in [-0.4, -0.2) is 6.04 Å². The highest BCUT2D eigenvalue weighted by atomic mass is 79.9. The first kappa shape index (κ1) is 14.2. The molecule has 1 saturated carbocycles. The second kappa shape index (κ2) is 5.90. The Morgan fingerprint density at radius 2 is 1.85 bits per heavy atom. The molecular formula is C17H17Br2N.